The molecule has 1 saturated heterocycles. The molecule has 112 valence electrons. The van der Waals surface area contributed by atoms with Gasteiger partial charge in [-0.1, -0.05) is 0 Å². The summed E-state index contributed by atoms with van der Waals surface area (Å²) in [6, 6.07) is 7.99. The summed E-state index contributed by atoms with van der Waals surface area (Å²) < 4.78 is 5.56. The minimum atomic E-state index is -0.0655. The number of amides is 2. The molecule has 21 heavy (non-hydrogen) atoms. The van der Waals surface area contributed by atoms with Gasteiger partial charge in [-0.25, -0.2) is 4.79 Å². The van der Waals surface area contributed by atoms with Crippen molar-refractivity contribution < 1.29 is 9.53 Å². The molecule has 0 spiro atoms. The summed E-state index contributed by atoms with van der Waals surface area (Å²) in [4.78, 5) is 17.5. The average Bonchev–Trinajstić information content (AvgIpc) is 2.81. The first-order valence-electron chi connectivity index (χ1n) is 7.33. The zero-order chi connectivity index (χ0) is 15.0. The molecule has 1 aliphatic heterocycles. The first-order chi connectivity index (χ1) is 10.0. The summed E-state index contributed by atoms with van der Waals surface area (Å²) in [5.41, 5.74) is 3.01. The molecule has 2 heterocycles. The monoisotopic (exact) mass is 287 g/mol. The maximum absolute atomic E-state index is 12.4. The number of ether oxygens (including phenoxy) is 1. The molecule has 1 aromatic heterocycles. The van der Waals surface area contributed by atoms with Crippen LogP contribution in [0.2, 0.25) is 0 Å². The minimum Gasteiger partial charge on any atom is -0.375 e. The van der Waals surface area contributed by atoms with Crippen LogP contribution in [0.5, 0.6) is 0 Å². The lowest BCUT2D eigenvalue weighted by Crippen LogP contribution is -2.52. The topological polar surface area (TPSA) is 57.4 Å². The van der Waals surface area contributed by atoms with Gasteiger partial charge in [-0.15, -0.1) is 0 Å². The number of aryl methyl sites for hydroxylation is 1. The average molecular weight is 287 g/mol. The fraction of sp³-hybridized carbons (Fsp3) is 0.438. The highest BCUT2D eigenvalue weighted by Gasteiger charge is 2.29. The number of hydrogen-bond acceptors (Lipinski definition) is 2. The lowest BCUT2D eigenvalue weighted by Gasteiger charge is -2.37. The Morgan fingerprint density at radius 3 is 3.00 bits per heavy atom. The number of hydrogen-bond donors (Lipinski definition) is 2. The summed E-state index contributed by atoms with van der Waals surface area (Å²) in [6.45, 7) is 7.26. The quantitative estimate of drug-likeness (QED) is 0.846. The van der Waals surface area contributed by atoms with Crippen molar-refractivity contribution in [3.63, 3.8) is 0 Å². The van der Waals surface area contributed by atoms with Crippen LogP contribution in [0, 0.1) is 6.92 Å². The van der Waals surface area contributed by atoms with E-state index in [-0.39, 0.29) is 18.2 Å². The first kappa shape index (κ1) is 13.9. The number of anilines is 1. The Hall–Kier alpha value is -2.01. The Balaban J connectivity index is 1.76. The van der Waals surface area contributed by atoms with E-state index in [4.69, 9.17) is 4.74 Å². The molecule has 0 radical (unpaired) electrons. The fourth-order valence-corrected chi connectivity index (χ4v) is 2.77. The molecule has 0 bridgehead atoms. The van der Waals surface area contributed by atoms with Crippen LogP contribution in [0.3, 0.4) is 0 Å². The van der Waals surface area contributed by atoms with E-state index in [0.29, 0.717) is 13.2 Å². The lowest BCUT2D eigenvalue weighted by molar-refractivity contribution is -0.0355. The van der Waals surface area contributed by atoms with E-state index in [1.807, 2.05) is 43.9 Å². The van der Waals surface area contributed by atoms with Crippen molar-refractivity contribution in [2.24, 2.45) is 0 Å². The molecule has 5 nitrogen and oxygen atoms in total. The number of aromatic amines is 1. The summed E-state index contributed by atoms with van der Waals surface area (Å²) in [5.74, 6) is 0. The molecule has 1 aliphatic rings. The van der Waals surface area contributed by atoms with E-state index in [9.17, 15) is 4.79 Å². The van der Waals surface area contributed by atoms with Gasteiger partial charge in [-0.05, 0) is 45.0 Å². The van der Waals surface area contributed by atoms with Crippen molar-refractivity contribution in [3.05, 3.63) is 30.0 Å². The van der Waals surface area contributed by atoms with Crippen molar-refractivity contribution in [2.75, 3.05) is 18.5 Å². The molecular formula is C16H21N3O2. The number of morpholine rings is 1. The third-order valence-electron chi connectivity index (χ3n) is 4.15. The normalized spacial score (nSPS) is 22.5. The second-order valence-corrected chi connectivity index (χ2v) is 5.69. The lowest BCUT2D eigenvalue weighted by atomic mass is 10.1. The second kappa shape index (κ2) is 5.41. The fourth-order valence-electron chi connectivity index (χ4n) is 2.77. The Labute approximate surface area is 124 Å². The molecule has 5 heteroatoms. The van der Waals surface area contributed by atoms with Gasteiger partial charge in [0.2, 0.25) is 0 Å². The van der Waals surface area contributed by atoms with Crippen molar-refractivity contribution in [2.45, 2.75) is 32.9 Å². The molecule has 1 aromatic carbocycles. The van der Waals surface area contributed by atoms with E-state index in [2.05, 4.69) is 16.4 Å². The maximum Gasteiger partial charge on any atom is 0.322 e. The number of aromatic nitrogens is 1. The van der Waals surface area contributed by atoms with E-state index in [1.54, 1.807) is 0 Å². The van der Waals surface area contributed by atoms with Gasteiger partial charge >= 0.3 is 6.03 Å². The molecule has 0 aliphatic carbocycles. The van der Waals surface area contributed by atoms with Crippen LogP contribution < -0.4 is 5.32 Å². The number of fused-ring (bicyclic) bond motifs is 1. The largest absolute Gasteiger partial charge is 0.375 e. The van der Waals surface area contributed by atoms with E-state index >= 15 is 0 Å². The van der Waals surface area contributed by atoms with Crippen LogP contribution in [0.25, 0.3) is 10.9 Å². The second-order valence-electron chi connectivity index (χ2n) is 5.69. The van der Waals surface area contributed by atoms with Crippen molar-refractivity contribution in [1.29, 1.82) is 0 Å². The Bertz CT molecular complexity index is 665. The van der Waals surface area contributed by atoms with Gasteiger partial charge in [0.05, 0.1) is 18.8 Å². The van der Waals surface area contributed by atoms with Gasteiger partial charge in [0, 0.05) is 28.8 Å². The molecule has 1 fully saturated rings. The Morgan fingerprint density at radius 1 is 1.38 bits per heavy atom. The molecule has 0 saturated carbocycles. The number of benzene rings is 1. The summed E-state index contributed by atoms with van der Waals surface area (Å²) >= 11 is 0. The molecule has 2 amide bonds. The molecule has 2 atom stereocenters. The molecule has 3 rings (SSSR count). The molecule has 2 N–H and O–H groups in total. The number of rotatable bonds is 1. The third kappa shape index (κ3) is 2.74. The van der Waals surface area contributed by atoms with Gasteiger partial charge in [0.25, 0.3) is 0 Å². The summed E-state index contributed by atoms with van der Waals surface area (Å²) in [6.07, 6.45) is 0.0688. The predicted octanol–water partition coefficient (Wildman–Crippen LogP) is 3.12. The summed E-state index contributed by atoms with van der Waals surface area (Å²) in [7, 11) is 0. The summed E-state index contributed by atoms with van der Waals surface area (Å²) in [5, 5.41) is 4.09. The molecule has 2 aromatic rings. The standard InChI is InChI=1S/C16H21N3O2/c1-10-8-13-9-14(4-5-15(13)17-10)18-16(20)19-6-7-21-12(3)11(19)2/h4-5,8-9,11-12,17H,6-7H2,1-3H3,(H,18,20)/t11-,12+/m1/s1. The number of H-pyrrole nitrogens is 1. The highest BCUT2D eigenvalue weighted by Crippen LogP contribution is 2.21. The number of nitrogens with zero attached hydrogens (tertiary/aromatic N) is 1. The van der Waals surface area contributed by atoms with Crippen LogP contribution in [-0.2, 0) is 4.74 Å². The van der Waals surface area contributed by atoms with Gasteiger partial charge < -0.3 is 19.9 Å². The van der Waals surface area contributed by atoms with Crippen LogP contribution in [-0.4, -0.2) is 41.2 Å². The number of carbonyl (C=O) groups is 1. The maximum atomic E-state index is 12.4. The van der Waals surface area contributed by atoms with Crippen LogP contribution in [0.4, 0.5) is 10.5 Å². The van der Waals surface area contributed by atoms with Gasteiger partial charge in [0.1, 0.15) is 0 Å². The van der Waals surface area contributed by atoms with Crippen LogP contribution >= 0.6 is 0 Å². The van der Waals surface area contributed by atoms with Crippen LogP contribution in [0.1, 0.15) is 19.5 Å². The zero-order valence-corrected chi connectivity index (χ0v) is 12.6. The highest BCUT2D eigenvalue weighted by molar-refractivity contribution is 5.93. The van der Waals surface area contributed by atoms with Crippen molar-refractivity contribution in [1.82, 2.24) is 9.88 Å². The SMILES string of the molecule is Cc1cc2cc(NC(=O)N3CCO[C@@H](C)[C@H]3C)ccc2[nH]1. The predicted molar refractivity (Wildman–Crippen MR) is 83.6 cm³/mol. The Morgan fingerprint density at radius 2 is 2.19 bits per heavy atom. The van der Waals surface area contributed by atoms with E-state index < -0.39 is 0 Å². The van der Waals surface area contributed by atoms with E-state index in [0.717, 1.165) is 22.3 Å². The zero-order valence-electron chi connectivity index (χ0n) is 12.6. The number of nitrogens with one attached hydrogen (secondary N) is 2. The third-order valence-corrected chi connectivity index (χ3v) is 4.15. The van der Waals surface area contributed by atoms with Gasteiger partial charge in [0.15, 0.2) is 0 Å². The molecular weight excluding hydrogens is 266 g/mol. The van der Waals surface area contributed by atoms with Crippen LogP contribution in [0.15, 0.2) is 24.3 Å². The number of carbonyl (C=O) groups excluding carboxylic acids is 1. The van der Waals surface area contributed by atoms with Gasteiger partial charge in [-0.2, -0.15) is 0 Å². The Kier molecular flexibility index (Phi) is 3.59. The molecule has 0 unspecified atom stereocenters. The van der Waals surface area contributed by atoms with Crippen molar-refractivity contribution in [3.8, 4) is 0 Å². The first-order valence-corrected chi connectivity index (χ1v) is 7.33. The van der Waals surface area contributed by atoms with Gasteiger partial charge in [-0.3, -0.25) is 0 Å². The highest BCUT2D eigenvalue weighted by atomic mass is 16.5. The minimum absolute atomic E-state index is 0.0655. The smallest absolute Gasteiger partial charge is 0.322 e. The van der Waals surface area contributed by atoms with E-state index in [1.165, 1.54) is 0 Å². The van der Waals surface area contributed by atoms with Crippen molar-refractivity contribution >= 4 is 22.6 Å². The number of urea groups is 1.